The Morgan fingerprint density at radius 1 is 0.829 bits per heavy atom. The number of nitrogens with zero attached hydrogens (tertiary/aromatic N) is 6. The van der Waals surface area contributed by atoms with E-state index in [0.717, 1.165) is 63.7 Å². The molecule has 35 heavy (non-hydrogen) atoms. The minimum absolute atomic E-state index is 0.0800. The number of rotatable bonds is 5. The fraction of sp³-hybridized carbons (Fsp3) is 0.321. The lowest BCUT2D eigenvalue weighted by Gasteiger charge is -2.36. The second-order valence-corrected chi connectivity index (χ2v) is 9.53. The maximum Gasteiger partial charge on any atom is 0.255 e. The maximum absolute atomic E-state index is 13.3. The number of piperazine rings is 1. The number of carbonyl (C=O) groups is 1. The molecule has 4 aromatic rings. The van der Waals surface area contributed by atoms with E-state index >= 15 is 0 Å². The summed E-state index contributed by atoms with van der Waals surface area (Å²) in [5.74, 6) is 1.35. The van der Waals surface area contributed by atoms with Crippen molar-refractivity contribution in [2.24, 2.45) is 0 Å². The van der Waals surface area contributed by atoms with Gasteiger partial charge in [-0.05, 0) is 42.8 Å². The van der Waals surface area contributed by atoms with Gasteiger partial charge in [0.2, 0.25) is 0 Å². The van der Waals surface area contributed by atoms with E-state index in [-0.39, 0.29) is 5.91 Å². The van der Waals surface area contributed by atoms with Gasteiger partial charge in [-0.15, -0.1) is 10.2 Å². The molecule has 0 saturated carbocycles. The van der Waals surface area contributed by atoms with Gasteiger partial charge in [-0.1, -0.05) is 48.5 Å². The predicted octanol–water partition coefficient (Wildman–Crippen LogP) is 3.68. The van der Waals surface area contributed by atoms with Gasteiger partial charge >= 0.3 is 0 Å². The molecule has 0 N–H and O–H groups in total. The van der Waals surface area contributed by atoms with E-state index in [1.807, 2.05) is 33.7 Å². The van der Waals surface area contributed by atoms with Crippen molar-refractivity contribution in [1.29, 1.82) is 0 Å². The number of pyridine rings is 1. The fourth-order valence-corrected chi connectivity index (χ4v) is 5.33. The van der Waals surface area contributed by atoms with E-state index in [0.29, 0.717) is 11.5 Å². The SMILES string of the molecule is O=C(c1ccc2nnc([C@@H]3CCN(Cc4ccccc4)C3)n2c1)N1CCN(c2ccccc2)CC1. The Kier molecular flexibility index (Phi) is 5.92. The number of likely N-dealkylation sites (tertiary alicyclic amines) is 1. The summed E-state index contributed by atoms with van der Waals surface area (Å²) >= 11 is 0. The van der Waals surface area contributed by atoms with Gasteiger partial charge in [0.15, 0.2) is 5.65 Å². The number of fused-ring (bicyclic) bond motifs is 1. The first-order valence-electron chi connectivity index (χ1n) is 12.4. The van der Waals surface area contributed by atoms with Crippen molar-refractivity contribution in [3.63, 3.8) is 0 Å². The van der Waals surface area contributed by atoms with Crippen molar-refractivity contribution in [3.8, 4) is 0 Å². The molecule has 2 fully saturated rings. The lowest BCUT2D eigenvalue weighted by atomic mass is 10.1. The van der Waals surface area contributed by atoms with Gasteiger partial charge in [-0.3, -0.25) is 14.1 Å². The predicted molar refractivity (Wildman–Crippen MR) is 137 cm³/mol. The van der Waals surface area contributed by atoms with Crippen LogP contribution < -0.4 is 4.90 Å². The van der Waals surface area contributed by atoms with Crippen LogP contribution in [0, 0.1) is 0 Å². The van der Waals surface area contributed by atoms with Crippen molar-refractivity contribution in [1.82, 2.24) is 24.4 Å². The first kappa shape index (κ1) is 21.8. The highest BCUT2D eigenvalue weighted by Gasteiger charge is 2.28. The Morgan fingerprint density at radius 3 is 2.34 bits per heavy atom. The molecule has 0 unspecified atom stereocenters. The van der Waals surface area contributed by atoms with E-state index in [1.165, 1.54) is 11.3 Å². The highest BCUT2D eigenvalue weighted by Crippen LogP contribution is 2.28. The van der Waals surface area contributed by atoms with Crippen LogP contribution in [0.5, 0.6) is 0 Å². The summed E-state index contributed by atoms with van der Waals surface area (Å²) < 4.78 is 2.03. The summed E-state index contributed by atoms with van der Waals surface area (Å²) in [6, 6.07) is 24.8. The van der Waals surface area contributed by atoms with Crippen molar-refractivity contribution in [3.05, 3.63) is 95.9 Å². The van der Waals surface area contributed by atoms with E-state index in [9.17, 15) is 4.79 Å². The molecule has 0 bridgehead atoms. The molecule has 0 spiro atoms. The third kappa shape index (κ3) is 4.51. The largest absolute Gasteiger partial charge is 0.368 e. The lowest BCUT2D eigenvalue weighted by molar-refractivity contribution is 0.0746. The fourth-order valence-electron chi connectivity index (χ4n) is 5.33. The zero-order valence-electron chi connectivity index (χ0n) is 19.8. The number of anilines is 1. The Balaban J connectivity index is 1.14. The lowest BCUT2D eigenvalue weighted by Crippen LogP contribution is -2.48. The Labute approximate surface area is 205 Å². The molecular formula is C28H30N6O. The van der Waals surface area contributed by atoms with Gasteiger partial charge in [-0.25, -0.2) is 0 Å². The molecule has 2 saturated heterocycles. The van der Waals surface area contributed by atoms with Crippen LogP contribution in [-0.4, -0.2) is 69.6 Å². The molecular weight excluding hydrogens is 436 g/mol. The quantitative estimate of drug-likeness (QED) is 0.449. The van der Waals surface area contributed by atoms with Crippen LogP contribution in [0.4, 0.5) is 5.69 Å². The van der Waals surface area contributed by atoms with E-state index in [4.69, 9.17) is 0 Å². The van der Waals surface area contributed by atoms with Crippen molar-refractivity contribution < 1.29 is 4.79 Å². The molecule has 0 aliphatic carbocycles. The molecule has 1 amide bonds. The average molecular weight is 467 g/mol. The molecule has 178 valence electrons. The Hall–Kier alpha value is -3.71. The number of benzene rings is 2. The normalized spacial score (nSPS) is 18.9. The minimum Gasteiger partial charge on any atom is -0.368 e. The van der Waals surface area contributed by atoms with Gasteiger partial charge in [0.05, 0.1) is 5.56 Å². The molecule has 4 heterocycles. The maximum atomic E-state index is 13.3. The van der Waals surface area contributed by atoms with Gasteiger partial charge in [0.1, 0.15) is 5.82 Å². The average Bonchev–Trinajstić information content (AvgIpc) is 3.56. The molecule has 2 aliphatic heterocycles. The van der Waals surface area contributed by atoms with Crippen molar-refractivity contribution in [2.75, 3.05) is 44.2 Å². The highest BCUT2D eigenvalue weighted by atomic mass is 16.2. The minimum atomic E-state index is 0.0800. The van der Waals surface area contributed by atoms with Crippen molar-refractivity contribution >= 4 is 17.2 Å². The first-order valence-corrected chi connectivity index (χ1v) is 12.4. The summed E-state index contributed by atoms with van der Waals surface area (Å²) in [6.45, 7) is 6.07. The summed E-state index contributed by atoms with van der Waals surface area (Å²) in [6.07, 6.45) is 2.99. The number of amides is 1. The van der Waals surface area contributed by atoms with Crippen LogP contribution in [0.25, 0.3) is 5.65 Å². The summed E-state index contributed by atoms with van der Waals surface area (Å²) in [5, 5.41) is 8.92. The third-order valence-corrected chi connectivity index (χ3v) is 7.25. The monoisotopic (exact) mass is 466 g/mol. The smallest absolute Gasteiger partial charge is 0.255 e. The van der Waals surface area contributed by atoms with Gasteiger partial charge in [0, 0.05) is 57.1 Å². The number of hydrogen-bond donors (Lipinski definition) is 0. The summed E-state index contributed by atoms with van der Waals surface area (Å²) in [5.41, 5.74) is 4.05. The van der Waals surface area contributed by atoms with Crippen LogP contribution in [-0.2, 0) is 6.54 Å². The van der Waals surface area contributed by atoms with Crippen molar-refractivity contribution in [2.45, 2.75) is 18.9 Å². The topological polar surface area (TPSA) is 57.0 Å². The van der Waals surface area contributed by atoms with Gasteiger partial charge in [-0.2, -0.15) is 0 Å². The number of hydrogen-bond acceptors (Lipinski definition) is 5. The molecule has 0 radical (unpaired) electrons. The molecule has 2 aromatic carbocycles. The molecule has 2 aromatic heterocycles. The van der Waals surface area contributed by atoms with E-state index < -0.39 is 0 Å². The standard InChI is InChI=1S/C28H30N6O/c35-28(33-17-15-32(16-18-33)25-9-5-2-6-10-25)24-11-12-26-29-30-27(34(26)21-24)23-13-14-31(20-23)19-22-7-3-1-4-8-22/h1-12,21,23H,13-20H2/t23-/m1/s1. The molecule has 7 nitrogen and oxygen atoms in total. The molecule has 6 rings (SSSR count). The zero-order valence-corrected chi connectivity index (χ0v) is 19.8. The van der Waals surface area contributed by atoms with Crippen LogP contribution >= 0.6 is 0 Å². The number of para-hydroxylation sites is 1. The van der Waals surface area contributed by atoms with E-state index in [2.05, 4.69) is 74.6 Å². The van der Waals surface area contributed by atoms with Crippen LogP contribution in [0.1, 0.15) is 34.1 Å². The molecule has 1 atom stereocenters. The number of aromatic nitrogens is 3. The summed E-state index contributed by atoms with van der Waals surface area (Å²) in [7, 11) is 0. The van der Waals surface area contributed by atoms with E-state index in [1.54, 1.807) is 0 Å². The first-order chi connectivity index (χ1) is 17.2. The molecule has 2 aliphatic rings. The second kappa shape index (κ2) is 9.50. The van der Waals surface area contributed by atoms with Crippen LogP contribution in [0.2, 0.25) is 0 Å². The Morgan fingerprint density at radius 2 is 1.57 bits per heavy atom. The van der Waals surface area contributed by atoms with Gasteiger partial charge < -0.3 is 9.80 Å². The number of carbonyl (C=O) groups excluding carboxylic acids is 1. The third-order valence-electron chi connectivity index (χ3n) is 7.25. The van der Waals surface area contributed by atoms with Gasteiger partial charge in [0.25, 0.3) is 5.91 Å². The Bertz CT molecular complexity index is 1300. The summed E-state index contributed by atoms with van der Waals surface area (Å²) in [4.78, 5) is 20.1. The molecule has 7 heteroatoms. The van der Waals surface area contributed by atoms with Crippen LogP contribution in [0.3, 0.4) is 0 Å². The second-order valence-electron chi connectivity index (χ2n) is 9.53. The highest BCUT2D eigenvalue weighted by molar-refractivity contribution is 5.94. The van der Waals surface area contributed by atoms with Crippen LogP contribution in [0.15, 0.2) is 79.0 Å². The zero-order chi connectivity index (χ0) is 23.6.